The predicted octanol–water partition coefficient (Wildman–Crippen LogP) is 5.62. The normalized spacial score (nSPS) is 27.4. The van der Waals surface area contributed by atoms with E-state index in [1.165, 1.54) is 0 Å². The fraction of sp³-hybridized carbons (Fsp3) is 0.667. The fourth-order valence-electron chi connectivity index (χ4n) is 3.29. The van der Waals surface area contributed by atoms with Crippen molar-refractivity contribution < 1.29 is 31.1 Å². The van der Waals surface area contributed by atoms with Crippen molar-refractivity contribution in [2.24, 2.45) is 5.92 Å². The summed E-state index contributed by atoms with van der Waals surface area (Å²) in [7, 11) is -2.34. The topological polar surface area (TPSA) is 18.5 Å². The minimum Gasteiger partial charge on any atom is -0.493 e. The van der Waals surface area contributed by atoms with E-state index in [4.69, 9.17) is 9.16 Å². The van der Waals surface area contributed by atoms with Gasteiger partial charge in [0, 0.05) is 5.56 Å². The van der Waals surface area contributed by atoms with Gasteiger partial charge in [-0.25, -0.2) is 8.78 Å². The first-order valence-corrected chi connectivity index (χ1v) is 11.4. The lowest BCUT2D eigenvalue weighted by molar-refractivity contribution is -0.137. The Kier molecular flexibility index (Phi) is 4.10. The third-order valence-corrected chi connectivity index (χ3v) is 10.7. The molecule has 1 heterocycles. The smallest absolute Gasteiger partial charge is 0.416 e. The zero-order chi connectivity index (χ0) is 19.8. The Morgan fingerprint density at radius 3 is 2.35 bits per heavy atom. The quantitative estimate of drug-likeness (QED) is 0.489. The van der Waals surface area contributed by atoms with Crippen molar-refractivity contribution in [3.8, 4) is 5.75 Å². The summed E-state index contributed by atoms with van der Waals surface area (Å²) in [4.78, 5) is 0. The Hall–Kier alpha value is -1.15. The number of ether oxygens (including phenoxy) is 1. The maximum Gasteiger partial charge on any atom is 0.416 e. The predicted molar refractivity (Wildman–Crippen MR) is 90.2 cm³/mol. The summed E-state index contributed by atoms with van der Waals surface area (Å²) in [5, 5.41) is -0.189. The summed E-state index contributed by atoms with van der Waals surface area (Å²) in [6.07, 6.45) is -4.60. The highest BCUT2D eigenvalue weighted by Crippen LogP contribution is 2.70. The number of fused-ring (bicyclic) bond motifs is 3. The highest BCUT2D eigenvalue weighted by Gasteiger charge is 2.83. The largest absolute Gasteiger partial charge is 0.493 e. The molecule has 2 nitrogen and oxygen atoms in total. The Labute approximate surface area is 150 Å². The summed E-state index contributed by atoms with van der Waals surface area (Å²) < 4.78 is 80.0. The molecule has 0 N–H and O–H groups in total. The summed E-state index contributed by atoms with van der Waals surface area (Å²) in [5.41, 5.74) is -2.78. The Morgan fingerprint density at radius 1 is 1.19 bits per heavy atom. The van der Waals surface area contributed by atoms with Crippen molar-refractivity contribution in [1.29, 1.82) is 0 Å². The molecule has 2 atom stereocenters. The van der Waals surface area contributed by atoms with E-state index in [9.17, 15) is 22.0 Å². The van der Waals surface area contributed by atoms with Crippen LogP contribution in [-0.2, 0) is 16.0 Å². The molecule has 2 aliphatic rings. The standard InChI is InChI=1S/C18H23F5O2Si/c1-15(2,3)26(4,5)25-10-16-12-8-11(18(21,22)23)6-7-13(12)24-9-14(16)17(16,19)20/h6-8,14H,9-10H2,1-5H3. The molecule has 146 valence electrons. The number of halogens is 5. The van der Waals surface area contributed by atoms with Crippen molar-refractivity contribution in [2.45, 2.75) is 56.4 Å². The van der Waals surface area contributed by atoms with Crippen LogP contribution in [0.1, 0.15) is 31.9 Å². The highest BCUT2D eigenvalue weighted by atomic mass is 28.4. The van der Waals surface area contributed by atoms with Crippen LogP contribution in [-0.4, -0.2) is 27.5 Å². The first-order chi connectivity index (χ1) is 11.6. The molecule has 3 rings (SSSR count). The van der Waals surface area contributed by atoms with Gasteiger partial charge in [0.2, 0.25) is 0 Å². The minimum absolute atomic E-state index is 0.0882. The van der Waals surface area contributed by atoms with E-state index in [2.05, 4.69) is 0 Å². The Bertz CT molecular complexity index is 723. The Balaban J connectivity index is 2.01. The molecule has 0 spiro atoms. The second-order valence-electron chi connectivity index (χ2n) is 8.72. The molecule has 26 heavy (non-hydrogen) atoms. The van der Waals surface area contributed by atoms with Gasteiger partial charge in [-0.15, -0.1) is 0 Å². The van der Waals surface area contributed by atoms with Crippen LogP contribution in [0.2, 0.25) is 18.1 Å². The average Bonchev–Trinajstić information content (AvgIpc) is 2.99. The van der Waals surface area contributed by atoms with Crippen LogP contribution in [0.4, 0.5) is 22.0 Å². The van der Waals surface area contributed by atoms with E-state index in [1.54, 1.807) is 0 Å². The van der Waals surface area contributed by atoms with Crippen LogP contribution in [0.3, 0.4) is 0 Å². The van der Waals surface area contributed by atoms with Gasteiger partial charge < -0.3 is 9.16 Å². The SMILES string of the molecule is CC(C)(C)[Si](C)(C)OCC12c3cc(C(F)(F)F)ccc3OCC1C2(F)F. The maximum absolute atomic E-state index is 14.7. The summed E-state index contributed by atoms with van der Waals surface area (Å²) in [6.45, 7) is 9.32. The lowest BCUT2D eigenvalue weighted by Gasteiger charge is -2.38. The van der Waals surface area contributed by atoms with E-state index >= 15 is 0 Å². The molecule has 0 bridgehead atoms. The molecule has 1 aliphatic carbocycles. The lowest BCUT2D eigenvalue weighted by atomic mass is 9.90. The molecule has 8 heteroatoms. The molecule has 2 unspecified atom stereocenters. The second kappa shape index (κ2) is 5.44. The van der Waals surface area contributed by atoms with Crippen molar-refractivity contribution in [3.63, 3.8) is 0 Å². The summed E-state index contributed by atoms with van der Waals surface area (Å²) >= 11 is 0. The Morgan fingerprint density at radius 2 is 1.81 bits per heavy atom. The van der Waals surface area contributed by atoms with E-state index in [0.29, 0.717) is 0 Å². The first-order valence-electron chi connectivity index (χ1n) is 8.51. The zero-order valence-electron chi connectivity index (χ0n) is 15.4. The molecule has 0 saturated heterocycles. The molecule has 0 radical (unpaired) electrons. The molecular formula is C18H23F5O2Si. The van der Waals surface area contributed by atoms with Gasteiger partial charge in [0.05, 0.1) is 30.1 Å². The number of alkyl halides is 5. The van der Waals surface area contributed by atoms with Gasteiger partial charge >= 0.3 is 6.18 Å². The first kappa shape index (κ1) is 19.6. The van der Waals surface area contributed by atoms with E-state index in [1.807, 2.05) is 33.9 Å². The van der Waals surface area contributed by atoms with Gasteiger partial charge in [0.1, 0.15) is 5.75 Å². The average molecular weight is 394 g/mol. The molecule has 1 aliphatic heterocycles. The molecule has 1 saturated carbocycles. The molecule has 1 aromatic carbocycles. The summed E-state index contributed by atoms with van der Waals surface area (Å²) in [6, 6.07) is 2.80. The van der Waals surface area contributed by atoms with Gasteiger partial charge in [0.15, 0.2) is 8.32 Å². The van der Waals surface area contributed by atoms with Gasteiger partial charge in [-0.1, -0.05) is 20.8 Å². The molecule has 0 amide bonds. The third kappa shape index (κ3) is 2.68. The number of rotatable bonds is 3. The van der Waals surface area contributed by atoms with Gasteiger partial charge in [-0.2, -0.15) is 13.2 Å². The maximum atomic E-state index is 14.7. The number of hydrogen-bond acceptors (Lipinski definition) is 2. The van der Waals surface area contributed by atoms with Gasteiger partial charge in [-0.3, -0.25) is 0 Å². The van der Waals surface area contributed by atoms with E-state index in [-0.39, 0.29) is 29.6 Å². The van der Waals surface area contributed by atoms with E-state index in [0.717, 1.165) is 18.2 Å². The number of hydrogen-bond donors (Lipinski definition) is 0. The van der Waals surface area contributed by atoms with Crippen molar-refractivity contribution in [1.82, 2.24) is 0 Å². The minimum atomic E-state index is -4.60. The second-order valence-corrected chi connectivity index (χ2v) is 13.5. The van der Waals surface area contributed by atoms with Crippen LogP contribution in [0.25, 0.3) is 0 Å². The fourth-order valence-corrected chi connectivity index (χ4v) is 4.31. The van der Waals surface area contributed by atoms with Crippen LogP contribution in [0, 0.1) is 5.92 Å². The summed E-state index contributed by atoms with van der Waals surface area (Å²) in [5.74, 6) is -4.22. The molecule has 1 aromatic rings. The molecular weight excluding hydrogens is 371 g/mol. The lowest BCUT2D eigenvalue weighted by Crippen LogP contribution is -2.44. The van der Waals surface area contributed by atoms with Crippen molar-refractivity contribution in [2.75, 3.05) is 13.2 Å². The molecule has 1 fully saturated rings. The van der Waals surface area contributed by atoms with Crippen molar-refractivity contribution in [3.05, 3.63) is 29.3 Å². The van der Waals surface area contributed by atoms with Crippen LogP contribution >= 0.6 is 0 Å². The van der Waals surface area contributed by atoms with Gasteiger partial charge in [-0.05, 0) is 36.3 Å². The third-order valence-electron chi connectivity index (χ3n) is 6.20. The van der Waals surface area contributed by atoms with E-state index < -0.39 is 37.3 Å². The zero-order valence-corrected chi connectivity index (χ0v) is 16.4. The highest BCUT2D eigenvalue weighted by molar-refractivity contribution is 6.74. The number of benzene rings is 1. The van der Waals surface area contributed by atoms with Crippen molar-refractivity contribution >= 4 is 8.32 Å². The van der Waals surface area contributed by atoms with Crippen LogP contribution < -0.4 is 4.74 Å². The van der Waals surface area contributed by atoms with Crippen LogP contribution in [0.15, 0.2) is 18.2 Å². The molecule has 0 aromatic heterocycles. The van der Waals surface area contributed by atoms with Crippen LogP contribution in [0.5, 0.6) is 5.75 Å². The monoisotopic (exact) mass is 394 g/mol. The van der Waals surface area contributed by atoms with Gasteiger partial charge in [0.25, 0.3) is 5.92 Å².